The van der Waals surface area contributed by atoms with Gasteiger partial charge in [-0.15, -0.1) is 12.4 Å². The number of amides is 2. The normalized spacial score (nSPS) is 12.9. The number of benzene rings is 1. The number of hydrogen-bond acceptors (Lipinski definition) is 3. The van der Waals surface area contributed by atoms with Crippen LogP contribution in [0.3, 0.4) is 0 Å². The second kappa shape index (κ2) is 11.8. The van der Waals surface area contributed by atoms with Crippen LogP contribution in [0, 0.1) is 17.6 Å². The van der Waals surface area contributed by atoms with Gasteiger partial charge in [0.25, 0.3) is 5.91 Å². The highest BCUT2D eigenvalue weighted by molar-refractivity contribution is 5.98. The lowest BCUT2D eigenvalue weighted by atomic mass is 10.0. The molecule has 2 unspecified atom stereocenters. The maximum atomic E-state index is 13.7. The van der Waals surface area contributed by atoms with Crippen molar-refractivity contribution in [3.8, 4) is 0 Å². The van der Waals surface area contributed by atoms with Gasteiger partial charge in [-0.25, -0.2) is 8.78 Å². The van der Waals surface area contributed by atoms with Crippen molar-refractivity contribution in [2.24, 2.45) is 11.7 Å². The summed E-state index contributed by atoms with van der Waals surface area (Å²) in [5, 5.41) is 5.23. The Morgan fingerprint density at radius 3 is 2.19 bits per heavy atom. The summed E-state index contributed by atoms with van der Waals surface area (Å²) >= 11 is 0. The van der Waals surface area contributed by atoms with Crippen molar-refractivity contribution in [3.63, 3.8) is 0 Å². The van der Waals surface area contributed by atoms with E-state index in [1.807, 2.05) is 6.92 Å². The Morgan fingerprint density at radius 1 is 1.15 bits per heavy atom. The van der Waals surface area contributed by atoms with E-state index in [0.717, 1.165) is 31.4 Å². The number of unbranched alkanes of at least 4 members (excludes halogenated alkanes) is 1. The zero-order chi connectivity index (χ0) is 19.0. The SMILES string of the molecule is CCCCC(CN)NC(=O)C(NC(=O)c1c(F)cccc1F)C(C)C.Cl. The smallest absolute Gasteiger partial charge is 0.257 e. The van der Waals surface area contributed by atoms with E-state index in [1.54, 1.807) is 13.8 Å². The van der Waals surface area contributed by atoms with Gasteiger partial charge in [-0.05, 0) is 24.5 Å². The quantitative estimate of drug-likeness (QED) is 0.605. The minimum atomic E-state index is -0.969. The first-order chi connectivity index (χ1) is 11.8. The average molecular weight is 392 g/mol. The van der Waals surface area contributed by atoms with Crippen molar-refractivity contribution in [1.29, 1.82) is 0 Å². The summed E-state index contributed by atoms with van der Waals surface area (Å²) in [4.78, 5) is 24.7. The van der Waals surface area contributed by atoms with Crippen LogP contribution < -0.4 is 16.4 Å². The Kier molecular flexibility index (Phi) is 11.0. The summed E-state index contributed by atoms with van der Waals surface area (Å²) < 4.78 is 27.5. The van der Waals surface area contributed by atoms with Crippen molar-refractivity contribution in [2.45, 2.75) is 52.1 Å². The zero-order valence-corrected chi connectivity index (χ0v) is 16.2. The van der Waals surface area contributed by atoms with Crippen LogP contribution >= 0.6 is 12.4 Å². The molecule has 148 valence electrons. The lowest BCUT2D eigenvalue weighted by Crippen LogP contribution is -2.53. The zero-order valence-electron chi connectivity index (χ0n) is 15.4. The van der Waals surface area contributed by atoms with Crippen molar-refractivity contribution in [1.82, 2.24) is 10.6 Å². The number of carbonyl (C=O) groups excluding carboxylic acids is 2. The monoisotopic (exact) mass is 391 g/mol. The van der Waals surface area contributed by atoms with Crippen LogP contribution in [0.5, 0.6) is 0 Å². The van der Waals surface area contributed by atoms with Gasteiger partial charge in [0.05, 0.1) is 0 Å². The summed E-state index contributed by atoms with van der Waals surface area (Å²) in [7, 11) is 0. The molecule has 26 heavy (non-hydrogen) atoms. The van der Waals surface area contributed by atoms with Gasteiger partial charge >= 0.3 is 0 Å². The van der Waals surface area contributed by atoms with Crippen molar-refractivity contribution < 1.29 is 18.4 Å². The maximum Gasteiger partial charge on any atom is 0.257 e. The molecule has 1 aromatic carbocycles. The van der Waals surface area contributed by atoms with Crippen LogP contribution in [0.2, 0.25) is 0 Å². The molecule has 0 aliphatic heterocycles. The summed E-state index contributed by atoms with van der Waals surface area (Å²) in [5.74, 6) is -3.57. The number of carbonyl (C=O) groups is 2. The molecule has 0 aliphatic rings. The minimum Gasteiger partial charge on any atom is -0.350 e. The van der Waals surface area contributed by atoms with E-state index >= 15 is 0 Å². The van der Waals surface area contributed by atoms with E-state index in [9.17, 15) is 18.4 Å². The molecule has 0 bridgehead atoms. The average Bonchev–Trinajstić information content (AvgIpc) is 2.55. The molecule has 0 radical (unpaired) electrons. The fraction of sp³-hybridized carbons (Fsp3) is 0.556. The summed E-state index contributed by atoms with van der Waals surface area (Å²) in [6, 6.07) is 2.06. The van der Waals surface area contributed by atoms with Gasteiger partial charge in [-0.2, -0.15) is 0 Å². The molecule has 4 N–H and O–H groups in total. The molecular formula is C18H28ClF2N3O2. The van der Waals surface area contributed by atoms with E-state index in [-0.39, 0.29) is 30.9 Å². The van der Waals surface area contributed by atoms with Crippen LogP contribution in [-0.2, 0) is 4.79 Å². The molecule has 0 aliphatic carbocycles. The maximum absolute atomic E-state index is 13.7. The van der Waals surface area contributed by atoms with Crippen LogP contribution in [0.1, 0.15) is 50.4 Å². The molecule has 1 rings (SSSR count). The van der Waals surface area contributed by atoms with Crippen molar-refractivity contribution >= 4 is 24.2 Å². The highest BCUT2D eigenvalue weighted by Crippen LogP contribution is 2.13. The third-order valence-corrected chi connectivity index (χ3v) is 3.96. The highest BCUT2D eigenvalue weighted by Gasteiger charge is 2.28. The standard InChI is InChI=1S/C18H27F2N3O2.ClH/c1-4-5-7-12(10-21)22-18(25)16(11(2)3)23-17(24)15-13(19)8-6-9-14(15)20;/h6,8-9,11-12,16H,4-5,7,10,21H2,1-3H3,(H,22,25)(H,23,24);1H. The molecule has 5 nitrogen and oxygen atoms in total. The Bertz CT molecular complexity index is 580. The second-order valence-corrected chi connectivity index (χ2v) is 6.38. The van der Waals surface area contributed by atoms with Crippen LogP contribution in [0.4, 0.5) is 8.78 Å². The second-order valence-electron chi connectivity index (χ2n) is 6.38. The molecule has 1 aromatic rings. The van der Waals surface area contributed by atoms with E-state index < -0.39 is 35.1 Å². The third-order valence-electron chi connectivity index (χ3n) is 3.96. The van der Waals surface area contributed by atoms with E-state index in [2.05, 4.69) is 10.6 Å². The highest BCUT2D eigenvalue weighted by atomic mass is 35.5. The lowest BCUT2D eigenvalue weighted by Gasteiger charge is -2.25. The molecule has 0 saturated heterocycles. The number of hydrogen-bond donors (Lipinski definition) is 3. The Balaban J connectivity index is 0.00000625. The van der Waals surface area contributed by atoms with Gasteiger partial charge < -0.3 is 16.4 Å². The minimum absolute atomic E-state index is 0. The first-order valence-electron chi connectivity index (χ1n) is 8.57. The fourth-order valence-electron chi connectivity index (χ4n) is 2.45. The first-order valence-corrected chi connectivity index (χ1v) is 8.57. The van der Waals surface area contributed by atoms with Crippen LogP contribution in [0.15, 0.2) is 18.2 Å². The van der Waals surface area contributed by atoms with Gasteiger partial charge in [0.2, 0.25) is 5.91 Å². The Labute approximate surface area is 159 Å². The molecule has 0 saturated carbocycles. The first kappa shape index (κ1) is 24.3. The van der Waals surface area contributed by atoms with Crippen LogP contribution in [-0.4, -0.2) is 30.4 Å². The molecule has 0 aromatic heterocycles. The Morgan fingerprint density at radius 2 is 1.73 bits per heavy atom. The van der Waals surface area contributed by atoms with Gasteiger partial charge in [0.1, 0.15) is 23.2 Å². The van der Waals surface area contributed by atoms with E-state index in [4.69, 9.17) is 5.73 Å². The summed E-state index contributed by atoms with van der Waals surface area (Å²) in [6.07, 6.45) is 2.63. The summed E-state index contributed by atoms with van der Waals surface area (Å²) in [5.41, 5.74) is 4.98. The third kappa shape index (κ3) is 6.88. The predicted molar refractivity (Wildman–Crippen MR) is 100 cm³/mol. The molecule has 0 heterocycles. The topological polar surface area (TPSA) is 84.2 Å². The molecule has 8 heteroatoms. The predicted octanol–water partition coefficient (Wildman–Crippen LogP) is 2.77. The molecule has 2 atom stereocenters. The number of nitrogens with one attached hydrogen (secondary N) is 2. The van der Waals surface area contributed by atoms with Gasteiger partial charge in [-0.1, -0.05) is 39.7 Å². The number of halogens is 3. The molecule has 2 amide bonds. The lowest BCUT2D eigenvalue weighted by molar-refractivity contribution is -0.124. The largest absolute Gasteiger partial charge is 0.350 e. The van der Waals surface area contributed by atoms with Crippen molar-refractivity contribution in [2.75, 3.05) is 6.54 Å². The number of nitrogens with two attached hydrogens (primary N) is 1. The van der Waals surface area contributed by atoms with E-state index in [0.29, 0.717) is 0 Å². The fourth-order valence-corrected chi connectivity index (χ4v) is 2.45. The summed E-state index contributed by atoms with van der Waals surface area (Å²) in [6.45, 7) is 5.80. The molecular weight excluding hydrogens is 364 g/mol. The van der Waals surface area contributed by atoms with Crippen LogP contribution in [0.25, 0.3) is 0 Å². The van der Waals surface area contributed by atoms with Gasteiger partial charge in [0, 0.05) is 12.6 Å². The van der Waals surface area contributed by atoms with Gasteiger partial charge in [0.15, 0.2) is 0 Å². The number of rotatable bonds is 9. The molecule has 0 spiro atoms. The molecule has 0 fully saturated rings. The Hall–Kier alpha value is -1.73. The van der Waals surface area contributed by atoms with E-state index in [1.165, 1.54) is 6.07 Å². The van der Waals surface area contributed by atoms with Crippen molar-refractivity contribution in [3.05, 3.63) is 35.4 Å². The van der Waals surface area contributed by atoms with Gasteiger partial charge in [-0.3, -0.25) is 9.59 Å².